The van der Waals surface area contributed by atoms with Crippen molar-refractivity contribution in [2.24, 2.45) is 0 Å². The molecule has 2 N–H and O–H groups in total. The Balaban J connectivity index is 2.68. The molecule has 0 aliphatic rings. The Morgan fingerprint density at radius 2 is 2.50 bits per heavy atom. The van der Waals surface area contributed by atoms with Gasteiger partial charge < -0.3 is 10.5 Å². The van der Waals surface area contributed by atoms with Crippen LogP contribution in [0.2, 0.25) is 0 Å². The van der Waals surface area contributed by atoms with E-state index in [0.717, 1.165) is 0 Å². The van der Waals surface area contributed by atoms with Crippen LogP contribution in [0.3, 0.4) is 0 Å². The van der Waals surface area contributed by atoms with Crippen molar-refractivity contribution in [3.8, 4) is 6.07 Å². The smallest absolute Gasteiger partial charge is 0.139 e. The summed E-state index contributed by atoms with van der Waals surface area (Å²) in [6, 6.07) is 1.97. The number of rotatable bonds is 4. The van der Waals surface area contributed by atoms with Crippen molar-refractivity contribution in [1.82, 2.24) is 9.78 Å². The van der Waals surface area contributed by atoms with Gasteiger partial charge in [0.25, 0.3) is 0 Å². The highest BCUT2D eigenvalue weighted by Crippen LogP contribution is 2.10. The molecule has 5 heteroatoms. The van der Waals surface area contributed by atoms with Crippen LogP contribution < -0.4 is 5.73 Å². The molecule has 1 aromatic heterocycles. The highest BCUT2D eigenvalue weighted by molar-refractivity contribution is 5.47. The summed E-state index contributed by atoms with van der Waals surface area (Å²) in [5, 5.41) is 12.7. The van der Waals surface area contributed by atoms with Gasteiger partial charge in [-0.25, -0.2) is 4.68 Å². The Morgan fingerprint density at radius 1 is 1.79 bits per heavy atom. The van der Waals surface area contributed by atoms with Crippen LogP contribution in [0.25, 0.3) is 0 Å². The van der Waals surface area contributed by atoms with Gasteiger partial charge in [0.2, 0.25) is 0 Å². The number of aromatic nitrogens is 2. The monoisotopic (exact) mass is 194 g/mol. The van der Waals surface area contributed by atoms with Crippen molar-refractivity contribution in [3.63, 3.8) is 0 Å². The van der Waals surface area contributed by atoms with Gasteiger partial charge in [0.05, 0.1) is 18.8 Å². The van der Waals surface area contributed by atoms with Crippen LogP contribution >= 0.6 is 0 Å². The Kier molecular flexibility index (Phi) is 3.48. The lowest BCUT2D eigenvalue weighted by Gasteiger charge is -2.12. The molecule has 0 aliphatic carbocycles. The summed E-state index contributed by atoms with van der Waals surface area (Å²) in [7, 11) is 0. The average Bonchev–Trinajstić information content (AvgIpc) is 2.48. The minimum Gasteiger partial charge on any atom is -0.383 e. The zero-order valence-electron chi connectivity index (χ0n) is 8.40. The van der Waals surface area contributed by atoms with Gasteiger partial charge in [0.15, 0.2) is 0 Å². The molecule has 76 valence electrons. The zero-order valence-corrected chi connectivity index (χ0v) is 8.40. The molecule has 1 unspecified atom stereocenters. The highest BCUT2D eigenvalue weighted by Gasteiger charge is 2.09. The summed E-state index contributed by atoms with van der Waals surface area (Å²) in [6.07, 6.45) is 1.52. The largest absolute Gasteiger partial charge is 0.383 e. The molecule has 1 heterocycles. The predicted octanol–water partition coefficient (Wildman–Crippen LogP) is 0.762. The first-order chi connectivity index (χ1) is 6.69. The SMILES string of the molecule is CCOC(C)Cn1ncc(C#N)c1N. The fraction of sp³-hybridized carbons (Fsp3) is 0.556. The number of hydrogen-bond donors (Lipinski definition) is 1. The number of nitriles is 1. The predicted molar refractivity (Wildman–Crippen MR) is 52.4 cm³/mol. The lowest BCUT2D eigenvalue weighted by Crippen LogP contribution is -2.18. The summed E-state index contributed by atoms with van der Waals surface area (Å²) in [5.74, 6) is 0.402. The fourth-order valence-corrected chi connectivity index (χ4v) is 1.21. The van der Waals surface area contributed by atoms with Crippen molar-refractivity contribution < 1.29 is 4.74 Å². The second kappa shape index (κ2) is 4.63. The number of hydrogen-bond acceptors (Lipinski definition) is 4. The van der Waals surface area contributed by atoms with Crippen LogP contribution in [0.5, 0.6) is 0 Å². The zero-order chi connectivity index (χ0) is 10.6. The van der Waals surface area contributed by atoms with Crippen LogP contribution in [-0.4, -0.2) is 22.5 Å². The highest BCUT2D eigenvalue weighted by atomic mass is 16.5. The van der Waals surface area contributed by atoms with Crippen LogP contribution in [0, 0.1) is 11.3 Å². The maximum absolute atomic E-state index is 8.65. The molecule has 5 nitrogen and oxygen atoms in total. The van der Waals surface area contributed by atoms with E-state index in [-0.39, 0.29) is 6.10 Å². The number of nitrogens with two attached hydrogens (primary N) is 1. The van der Waals surface area contributed by atoms with Gasteiger partial charge in [-0.15, -0.1) is 0 Å². The number of anilines is 1. The van der Waals surface area contributed by atoms with E-state index < -0.39 is 0 Å². The third kappa shape index (κ3) is 2.24. The third-order valence-corrected chi connectivity index (χ3v) is 1.88. The van der Waals surface area contributed by atoms with Crippen molar-refractivity contribution in [3.05, 3.63) is 11.8 Å². The van der Waals surface area contributed by atoms with Crippen LogP contribution in [-0.2, 0) is 11.3 Å². The van der Waals surface area contributed by atoms with Crippen LogP contribution in [0.4, 0.5) is 5.82 Å². The summed E-state index contributed by atoms with van der Waals surface area (Å²) in [5.41, 5.74) is 6.09. The van der Waals surface area contributed by atoms with E-state index in [4.69, 9.17) is 15.7 Å². The lowest BCUT2D eigenvalue weighted by molar-refractivity contribution is 0.0619. The number of nitrogen functional groups attached to an aromatic ring is 1. The van der Waals surface area contributed by atoms with Gasteiger partial charge in [0.1, 0.15) is 17.5 Å². The second-order valence-electron chi connectivity index (χ2n) is 3.00. The summed E-state index contributed by atoms with van der Waals surface area (Å²) < 4.78 is 6.93. The van der Waals surface area contributed by atoms with Gasteiger partial charge in [-0.05, 0) is 13.8 Å². The van der Waals surface area contributed by atoms with Crippen LogP contribution in [0.1, 0.15) is 19.4 Å². The molecule has 0 spiro atoms. The summed E-state index contributed by atoms with van der Waals surface area (Å²) in [6.45, 7) is 5.11. The molecule has 0 aromatic carbocycles. The van der Waals surface area contributed by atoms with E-state index in [1.807, 2.05) is 19.9 Å². The molecular formula is C9H14N4O. The fourth-order valence-electron chi connectivity index (χ4n) is 1.21. The molecule has 1 aromatic rings. The normalized spacial score (nSPS) is 12.4. The molecule has 0 bridgehead atoms. The Bertz CT molecular complexity index is 339. The maximum atomic E-state index is 8.65. The van der Waals surface area contributed by atoms with E-state index >= 15 is 0 Å². The molecule has 0 radical (unpaired) electrons. The molecule has 0 saturated carbocycles. The van der Waals surface area contributed by atoms with Crippen molar-refractivity contribution in [2.45, 2.75) is 26.5 Å². The van der Waals surface area contributed by atoms with Gasteiger partial charge >= 0.3 is 0 Å². The quantitative estimate of drug-likeness (QED) is 0.767. The van der Waals surface area contributed by atoms with E-state index in [0.29, 0.717) is 24.5 Å². The molecule has 1 rings (SSSR count). The average molecular weight is 194 g/mol. The molecule has 1 atom stereocenters. The van der Waals surface area contributed by atoms with Crippen LogP contribution in [0.15, 0.2) is 6.20 Å². The molecule has 14 heavy (non-hydrogen) atoms. The van der Waals surface area contributed by atoms with E-state index in [2.05, 4.69) is 5.10 Å². The van der Waals surface area contributed by atoms with Gasteiger partial charge in [-0.3, -0.25) is 0 Å². The molecule has 0 amide bonds. The number of ether oxygens (including phenoxy) is 1. The molecule has 0 saturated heterocycles. The standard InChI is InChI=1S/C9H14N4O/c1-3-14-7(2)6-13-9(11)8(4-10)5-12-13/h5,7H,3,6,11H2,1-2H3. The molecule has 0 fully saturated rings. The Morgan fingerprint density at radius 3 is 3.00 bits per heavy atom. The van der Waals surface area contributed by atoms with Gasteiger partial charge in [-0.2, -0.15) is 10.4 Å². The van der Waals surface area contributed by atoms with Crippen molar-refractivity contribution >= 4 is 5.82 Å². The van der Waals surface area contributed by atoms with E-state index in [1.165, 1.54) is 6.20 Å². The summed E-state index contributed by atoms with van der Waals surface area (Å²) >= 11 is 0. The maximum Gasteiger partial charge on any atom is 0.139 e. The van der Waals surface area contributed by atoms with Crippen molar-refractivity contribution in [2.75, 3.05) is 12.3 Å². The van der Waals surface area contributed by atoms with Crippen molar-refractivity contribution in [1.29, 1.82) is 5.26 Å². The Hall–Kier alpha value is -1.54. The minimum atomic E-state index is 0.0498. The van der Waals surface area contributed by atoms with Gasteiger partial charge in [0, 0.05) is 6.61 Å². The first kappa shape index (κ1) is 10.5. The first-order valence-electron chi connectivity index (χ1n) is 4.52. The van der Waals surface area contributed by atoms with E-state index in [9.17, 15) is 0 Å². The summed E-state index contributed by atoms with van der Waals surface area (Å²) in [4.78, 5) is 0. The Labute approximate surface area is 83.1 Å². The van der Waals surface area contributed by atoms with Gasteiger partial charge in [-0.1, -0.05) is 0 Å². The molecular weight excluding hydrogens is 180 g/mol. The molecule has 0 aliphatic heterocycles. The lowest BCUT2D eigenvalue weighted by atomic mass is 10.3. The number of nitrogens with zero attached hydrogens (tertiary/aromatic N) is 3. The second-order valence-corrected chi connectivity index (χ2v) is 3.00. The van der Waals surface area contributed by atoms with E-state index in [1.54, 1.807) is 4.68 Å². The first-order valence-corrected chi connectivity index (χ1v) is 4.52. The topological polar surface area (TPSA) is 76.9 Å². The third-order valence-electron chi connectivity index (χ3n) is 1.88. The minimum absolute atomic E-state index is 0.0498.